The van der Waals surface area contributed by atoms with Crippen LogP contribution in [0.5, 0.6) is 0 Å². The van der Waals surface area contributed by atoms with Gasteiger partial charge >= 0.3 is 0 Å². The van der Waals surface area contributed by atoms with E-state index in [1.807, 2.05) is 60.8 Å². The summed E-state index contributed by atoms with van der Waals surface area (Å²) in [5, 5.41) is 4.84. The molecule has 174 valence electrons. The molecule has 0 radical (unpaired) electrons. The molecule has 1 aliphatic rings. The fourth-order valence-corrected chi connectivity index (χ4v) is 5.42. The lowest BCUT2D eigenvalue weighted by atomic mass is 10.1. The molecule has 2 aromatic carbocycles. The lowest BCUT2D eigenvalue weighted by Gasteiger charge is -2.14. The fourth-order valence-electron chi connectivity index (χ4n) is 4.49. The second-order valence-corrected chi connectivity index (χ2v) is 9.84. The molecule has 7 nitrogen and oxygen atoms in total. The smallest absolute Gasteiger partial charge is 0.274 e. The standard InChI is InChI=1S/C27H24N6OS/c28-19-11-12-33(16-19)15-17-13-24-27(29-14-17)35-26(32-24)20-6-2-4-8-22(20)31-25(34)23-10-9-18-5-1-3-7-21(18)30-23/h1-10,13-14,19H,11-12,15-16,28H2,(H,31,34)/t19-/m1/s1. The summed E-state index contributed by atoms with van der Waals surface area (Å²) in [6.07, 6.45) is 2.96. The number of aromatic nitrogens is 3. The van der Waals surface area contributed by atoms with E-state index in [1.165, 1.54) is 11.3 Å². The highest BCUT2D eigenvalue weighted by Gasteiger charge is 2.20. The van der Waals surface area contributed by atoms with Crippen LogP contribution in [0.4, 0.5) is 5.69 Å². The normalized spacial score (nSPS) is 16.2. The zero-order chi connectivity index (χ0) is 23.8. The molecule has 1 amide bonds. The van der Waals surface area contributed by atoms with E-state index >= 15 is 0 Å². The summed E-state index contributed by atoms with van der Waals surface area (Å²) in [6, 6.07) is 21.5. The number of likely N-dealkylation sites (tertiary alicyclic amines) is 1. The van der Waals surface area contributed by atoms with Crippen molar-refractivity contribution in [3.8, 4) is 10.6 Å². The first-order valence-electron chi connectivity index (χ1n) is 11.6. The Kier molecular flexibility index (Phi) is 5.69. The lowest BCUT2D eigenvalue weighted by molar-refractivity contribution is 0.102. The Balaban J connectivity index is 1.26. The van der Waals surface area contributed by atoms with Crippen LogP contribution < -0.4 is 11.1 Å². The summed E-state index contributed by atoms with van der Waals surface area (Å²) >= 11 is 1.52. The van der Waals surface area contributed by atoms with Gasteiger partial charge in [-0.25, -0.2) is 15.0 Å². The van der Waals surface area contributed by atoms with Crippen LogP contribution in [0.15, 0.2) is 72.9 Å². The zero-order valence-electron chi connectivity index (χ0n) is 19.0. The summed E-state index contributed by atoms with van der Waals surface area (Å²) in [4.78, 5) is 30.3. The zero-order valence-corrected chi connectivity index (χ0v) is 19.8. The van der Waals surface area contributed by atoms with Gasteiger partial charge < -0.3 is 11.1 Å². The Labute approximate surface area is 206 Å². The highest BCUT2D eigenvalue weighted by molar-refractivity contribution is 7.21. The molecule has 0 aliphatic carbocycles. The van der Waals surface area contributed by atoms with Gasteiger partial charge in [0.2, 0.25) is 0 Å². The van der Waals surface area contributed by atoms with Gasteiger partial charge in [0, 0.05) is 42.8 Å². The number of nitrogens with zero attached hydrogens (tertiary/aromatic N) is 4. The molecule has 0 spiro atoms. The minimum Gasteiger partial charge on any atom is -0.326 e. The Bertz CT molecular complexity index is 1550. The number of hydrogen-bond acceptors (Lipinski definition) is 7. The number of carbonyl (C=O) groups excluding carboxylic acids is 1. The number of nitrogens with two attached hydrogens (primary N) is 1. The molecule has 0 saturated carbocycles. The Morgan fingerprint density at radius 2 is 1.91 bits per heavy atom. The Hall–Kier alpha value is -3.72. The summed E-state index contributed by atoms with van der Waals surface area (Å²) in [5.74, 6) is -0.256. The first-order chi connectivity index (χ1) is 17.1. The maximum Gasteiger partial charge on any atom is 0.274 e. The van der Waals surface area contributed by atoms with Crippen LogP contribution >= 0.6 is 11.3 Å². The summed E-state index contributed by atoms with van der Waals surface area (Å²) in [6.45, 7) is 2.76. The number of nitrogens with one attached hydrogen (secondary N) is 1. The SMILES string of the molecule is N[C@@H]1CCN(Cc2cnc3sc(-c4ccccc4NC(=O)c4ccc5ccccc5n4)nc3c2)C1. The number of benzene rings is 2. The van der Waals surface area contributed by atoms with Crippen LogP contribution in [0.2, 0.25) is 0 Å². The van der Waals surface area contributed by atoms with Crippen molar-refractivity contribution in [2.75, 3.05) is 18.4 Å². The van der Waals surface area contributed by atoms with E-state index in [1.54, 1.807) is 6.07 Å². The highest BCUT2D eigenvalue weighted by atomic mass is 32.1. The predicted molar refractivity (Wildman–Crippen MR) is 140 cm³/mol. The molecular formula is C27H24N6OS. The number of carbonyl (C=O) groups is 1. The van der Waals surface area contributed by atoms with E-state index in [-0.39, 0.29) is 11.9 Å². The van der Waals surface area contributed by atoms with Gasteiger partial charge in [0.25, 0.3) is 5.91 Å². The minimum atomic E-state index is -0.256. The first kappa shape index (κ1) is 21.8. The van der Waals surface area contributed by atoms with Crippen molar-refractivity contribution in [3.63, 3.8) is 0 Å². The van der Waals surface area contributed by atoms with Gasteiger partial charge in [-0.15, -0.1) is 0 Å². The highest BCUT2D eigenvalue weighted by Crippen LogP contribution is 2.34. The molecule has 0 unspecified atom stereocenters. The molecular weight excluding hydrogens is 456 g/mol. The predicted octanol–water partition coefficient (Wildman–Crippen LogP) is 4.69. The van der Waals surface area contributed by atoms with Crippen molar-refractivity contribution in [2.24, 2.45) is 5.73 Å². The molecule has 4 heterocycles. The number of para-hydroxylation sites is 2. The van der Waals surface area contributed by atoms with Gasteiger partial charge in [-0.2, -0.15) is 0 Å². The molecule has 0 bridgehead atoms. The van der Waals surface area contributed by atoms with Crippen molar-refractivity contribution in [1.29, 1.82) is 0 Å². The van der Waals surface area contributed by atoms with E-state index in [9.17, 15) is 4.79 Å². The van der Waals surface area contributed by atoms with Gasteiger partial charge in [-0.05, 0) is 42.3 Å². The van der Waals surface area contributed by atoms with E-state index in [2.05, 4.69) is 26.3 Å². The lowest BCUT2D eigenvalue weighted by Crippen LogP contribution is -2.26. The number of anilines is 1. The third-order valence-electron chi connectivity index (χ3n) is 6.26. The third-order valence-corrected chi connectivity index (χ3v) is 7.27. The van der Waals surface area contributed by atoms with Gasteiger partial charge in [-0.3, -0.25) is 9.69 Å². The maximum atomic E-state index is 13.0. The second-order valence-electron chi connectivity index (χ2n) is 8.86. The van der Waals surface area contributed by atoms with Gasteiger partial charge in [-0.1, -0.05) is 47.7 Å². The van der Waals surface area contributed by atoms with Crippen LogP contribution in [0.3, 0.4) is 0 Å². The molecule has 1 saturated heterocycles. The summed E-state index contributed by atoms with van der Waals surface area (Å²) < 4.78 is 0. The van der Waals surface area contributed by atoms with E-state index in [0.29, 0.717) is 11.4 Å². The minimum absolute atomic E-state index is 0.256. The average Bonchev–Trinajstić information content (AvgIpc) is 3.49. The van der Waals surface area contributed by atoms with Crippen molar-refractivity contribution in [1.82, 2.24) is 19.9 Å². The molecule has 35 heavy (non-hydrogen) atoms. The fraction of sp³-hybridized carbons (Fsp3) is 0.185. The second kappa shape index (κ2) is 9.14. The number of amides is 1. The quantitative estimate of drug-likeness (QED) is 0.379. The topological polar surface area (TPSA) is 97.0 Å². The maximum absolute atomic E-state index is 13.0. The van der Waals surface area contributed by atoms with Crippen LogP contribution in [-0.2, 0) is 6.54 Å². The molecule has 5 aromatic rings. The summed E-state index contributed by atoms with van der Waals surface area (Å²) in [7, 11) is 0. The Morgan fingerprint density at radius 1 is 1.06 bits per heavy atom. The molecule has 3 N–H and O–H groups in total. The van der Waals surface area contributed by atoms with Crippen LogP contribution in [0.1, 0.15) is 22.5 Å². The van der Waals surface area contributed by atoms with Crippen molar-refractivity contribution in [3.05, 3.63) is 84.2 Å². The molecule has 1 atom stereocenters. The van der Waals surface area contributed by atoms with E-state index < -0.39 is 0 Å². The summed E-state index contributed by atoms with van der Waals surface area (Å²) in [5.41, 5.74) is 10.8. The van der Waals surface area contributed by atoms with Crippen molar-refractivity contribution < 1.29 is 4.79 Å². The average molecular weight is 481 g/mol. The van der Waals surface area contributed by atoms with Crippen molar-refractivity contribution in [2.45, 2.75) is 19.0 Å². The molecule has 8 heteroatoms. The number of rotatable bonds is 5. The molecule has 1 aliphatic heterocycles. The van der Waals surface area contributed by atoms with E-state index in [0.717, 1.165) is 63.4 Å². The largest absolute Gasteiger partial charge is 0.326 e. The number of fused-ring (bicyclic) bond motifs is 2. The Morgan fingerprint density at radius 3 is 2.80 bits per heavy atom. The molecule has 1 fully saturated rings. The third kappa shape index (κ3) is 4.51. The van der Waals surface area contributed by atoms with Gasteiger partial charge in [0.1, 0.15) is 21.0 Å². The number of thiazole rings is 1. The van der Waals surface area contributed by atoms with Crippen LogP contribution in [0, 0.1) is 0 Å². The molecule has 6 rings (SSSR count). The van der Waals surface area contributed by atoms with Crippen molar-refractivity contribution >= 4 is 44.2 Å². The first-order valence-corrected chi connectivity index (χ1v) is 12.4. The van der Waals surface area contributed by atoms with Crippen LogP contribution in [0.25, 0.3) is 31.8 Å². The van der Waals surface area contributed by atoms with Gasteiger partial charge in [0.05, 0.1) is 11.2 Å². The van der Waals surface area contributed by atoms with E-state index in [4.69, 9.17) is 10.7 Å². The number of pyridine rings is 2. The monoisotopic (exact) mass is 480 g/mol. The molecule has 3 aromatic heterocycles. The van der Waals surface area contributed by atoms with Gasteiger partial charge in [0.15, 0.2) is 0 Å². The number of hydrogen-bond donors (Lipinski definition) is 2. The van der Waals surface area contributed by atoms with Crippen LogP contribution in [-0.4, -0.2) is 44.9 Å².